The monoisotopic (exact) mass is 319 g/mol. The summed E-state index contributed by atoms with van der Waals surface area (Å²) in [5, 5.41) is 2.86. The van der Waals surface area contributed by atoms with E-state index >= 15 is 0 Å². The Balaban J connectivity index is 1.98. The summed E-state index contributed by atoms with van der Waals surface area (Å²) in [5.74, 6) is 0.239. The first-order valence-electron chi connectivity index (χ1n) is 7.41. The summed E-state index contributed by atoms with van der Waals surface area (Å²) in [6.07, 6.45) is 2.04. The van der Waals surface area contributed by atoms with Gasteiger partial charge in [-0.1, -0.05) is 0 Å². The molecule has 1 N–H and O–H groups in total. The SMILES string of the molecule is CN(C)CCN(C(=O)NC1CCCO1)C1CCS(=O)(=O)C1. The third-order valence-corrected chi connectivity index (χ3v) is 5.66. The van der Waals surface area contributed by atoms with E-state index < -0.39 is 9.84 Å². The van der Waals surface area contributed by atoms with Crippen molar-refractivity contribution in [3.8, 4) is 0 Å². The van der Waals surface area contributed by atoms with Gasteiger partial charge in [-0.15, -0.1) is 0 Å². The lowest BCUT2D eigenvalue weighted by atomic mass is 10.2. The molecule has 2 heterocycles. The maximum atomic E-state index is 12.4. The van der Waals surface area contributed by atoms with Crippen LogP contribution >= 0.6 is 0 Å². The minimum Gasteiger partial charge on any atom is -0.358 e. The molecule has 0 aromatic carbocycles. The molecule has 8 heteroatoms. The van der Waals surface area contributed by atoms with Crippen molar-refractivity contribution >= 4 is 15.9 Å². The lowest BCUT2D eigenvalue weighted by Gasteiger charge is -2.30. The molecule has 2 aliphatic heterocycles. The zero-order valence-electron chi connectivity index (χ0n) is 12.7. The van der Waals surface area contributed by atoms with Crippen LogP contribution in [0.3, 0.4) is 0 Å². The number of amides is 2. The Morgan fingerprint density at radius 2 is 2.05 bits per heavy atom. The van der Waals surface area contributed by atoms with Crippen molar-refractivity contribution < 1.29 is 17.9 Å². The number of urea groups is 1. The second-order valence-corrected chi connectivity index (χ2v) is 8.23. The van der Waals surface area contributed by atoms with Gasteiger partial charge in [-0.2, -0.15) is 0 Å². The van der Waals surface area contributed by atoms with Gasteiger partial charge in [0.25, 0.3) is 0 Å². The maximum absolute atomic E-state index is 12.4. The second-order valence-electron chi connectivity index (χ2n) is 6.00. The second kappa shape index (κ2) is 6.93. The Kier molecular flexibility index (Phi) is 5.45. The third kappa shape index (κ3) is 4.82. The fourth-order valence-corrected chi connectivity index (χ4v) is 4.42. The number of hydrogen-bond acceptors (Lipinski definition) is 5. The minimum absolute atomic E-state index is 0.0688. The van der Waals surface area contributed by atoms with Gasteiger partial charge in [0.15, 0.2) is 9.84 Å². The Morgan fingerprint density at radius 1 is 1.29 bits per heavy atom. The fraction of sp³-hybridized carbons (Fsp3) is 0.923. The van der Waals surface area contributed by atoms with Gasteiger partial charge in [0.2, 0.25) is 0 Å². The van der Waals surface area contributed by atoms with Crippen molar-refractivity contribution in [2.45, 2.75) is 31.5 Å². The van der Waals surface area contributed by atoms with Crippen LogP contribution in [0.1, 0.15) is 19.3 Å². The highest BCUT2D eigenvalue weighted by Gasteiger charge is 2.35. The van der Waals surface area contributed by atoms with Gasteiger partial charge in [0, 0.05) is 25.7 Å². The number of likely N-dealkylation sites (N-methyl/N-ethyl adjacent to an activating group) is 1. The predicted molar refractivity (Wildman–Crippen MR) is 79.8 cm³/mol. The van der Waals surface area contributed by atoms with Gasteiger partial charge in [0.1, 0.15) is 6.23 Å². The number of sulfone groups is 1. The van der Waals surface area contributed by atoms with Crippen LogP contribution in [0.2, 0.25) is 0 Å². The third-order valence-electron chi connectivity index (χ3n) is 3.91. The first-order valence-corrected chi connectivity index (χ1v) is 9.23. The van der Waals surface area contributed by atoms with Crippen LogP contribution in [0.15, 0.2) is 0 Å². The van der Waals surface area contributed by atoms with Crippen LogP contribution in [0.4, 0.5) is 4.79 Å². The van der Waals surface area contributed by atoms with Crippen molar-refractivity contribution in [1.82, 2.24) is 15.1 Å². The normalized spacial score (nSPS) is 28.0. The largest absolute Gasteiger partial charge is 0.358 e. The van der Waals surface area contributed by atoms with Crippen LogP contribution in [0, 0.1) is 0 Å². The summed E-state index contributed by atoms with van der Waals surface area (Å²) in [4.78, 5) is 16.1. The molecular weight excluding hydrogens is 294 g/mol. The summed E-state index contributed by atoms with van der Waals surface area (Å²) in [7, 11) is 0.858. The Bertz CT molecular complexity index is 460. The lowest BCUT2D eigenvalue weighted by Crippen LogP contribution is -2.51. The quantitative estimate of drug-likeness (QED) is 0.764. The first kappa shape index (κ1) is 16.5. The smallest absolute Gasteiger partial charge is 0.319 e. The molecule has 0 bridgehead atoms. The number of rotatable bonds is 5. The van der Waals surface area contributed by atoms with E-state index in [1.807, 2.05) is 19.0 Å². The van der Waals surface area contributed by atoms with Crippen molar-refractivity contribution in [1.29, 1.82) is 0 Å². The molecule has 2 unspecified atom stereocenters. The highest BCUT2D eigenvalue weighted by Crippen LogP contribution is 2.18. The molecule has 2 saturated heterocycles. The Hall–Kier alpha value is -0.860. The lowest BCUT2D eigenvalue weighted by molar-refractivity contribution is 0.0801. The van der Waals surface area contributed by atoms with Crippen LogP contribution in [-0.4, -0.2) is 81.8 Å². The van der Waals surface area contributed by atoms with Gasteiger partial charge < -0.3 is 19.9 Å². The molecule has 2 fully saturated rings. The van der Waals surface area contributed by atoms with E-state index in [0.29, 0.717) is 26.1 Å². The number of hydrogen-bond donors (Lipinski definition) is 1. The Labute approximate surface area is 126 Å². The summed E-state index contributed by atoms with van der Waals surface area (Å²) < 4.78 is 28.7. The van der Waals surface area contributed by atoms with Crippen LogP contribution < -0.4 is 5.32 Å². The molecule has 0 aliphatic carbocycles. The zero-order valence-corrected chi connectivity index (χ0v) is 13.6. The number of carbonyl (C=O) groups is 1. The van der Waals surface area contributed by atoms with Crippen LogP contribution in [-0.2, 0) is 14.6 Å². The molecule has 0 aromatic heterocycles. The molecule has 2 rings (SSSR count). The summed E-state index contributed by atoms with van der Waals surface area (Å²) in [6.45, 7) is 1.89. The summed E-state index contributed by atoms with van der Waals surface area (Å²) >= 11 is 0. The van der Waals surface area contributed by atoms with Crippen LogP contribution in [0.25, 0.3) is 0 Å². The maximum Gasteiger partial charge on any atom is 0.319 e. The molecule has 0 radical (unpaired) electrons. The van der Waals surface area contributed by atoms with Gasteiger partial charge in [-0.25, -0.2) is 13.2 Å². The predicted octanol–water partition coefficient (Wildman–Crippen LogP) is -0.117. The van der Waals surface area contributed by atoms with Gasteiger partial charge in [0.05, 0.1) is 11.5 Å². The molecule has 122 valence electrons. The van der Waals surface area contributed by atoms with Crippen molar-refractivity contribution in [3.63, 3.8) is 0 Å². The molecule has 21 heavy (non-hydrogen) atoms. The number of nitrogens with one attached hydrogen (secondary N) is 1. The molecule has 7 nitrogen and oxygen atoms in total. The Morgan fingerprint density at radius 3 is 2.57 bits per heavy atom. The number of carbonyl (C=O) groups excluding carboxylic acids is 1. The van der Waals surface area contributed by atoms with E-state index in [1.165, 1.54) is 0 Å². The summed E-state index contributed by atoms with van der Waals surface area (Å²) in [5.41, 5.74) is 0. The van der Waals surface area contributed by atoms with Crippen molar-refractivity contribution in [2.75, 3.05) is 45.3 Å². The molecule has 0 spiro atoms. The highest BCUT2D eigenvalue weighted by molar-refractivity contribution is 7.91. The number of nitrogens with zero attached hydrogens (tertiary/aromatic N) is 2. The minimum atomic E-state index is -3.01. The molecule has 0 aromatic rings. The van der Waals surface area contributed by atoms with Gasteiger partial charge in [-0.3, -0.25) is 0 Å². The van der Waals surface area contributed by atoms with E-state index in [2.05, 4.69) is 5.32 Å². The number of ether oxygens (including phenoxy) is 1. The fourth-order valence-electron chi connectivity index (χ4n) is 2.69. The average Bonchev–Trinajstić information content (AvgIpc) is 2.99. The topological polar surface area (TPSA) is 79.0 Å². The molecule has 2 amide bonds. The van der Waals surface area contributed by atoms with Crippen molar-refractivity contribution in [3.05, 3.63) is 0 Å². The van der Waals surface area contributed by atoms with Gasteiger partial charge in [-0.05, 0) is 33.4 Å². The van der Waals surface area contributed by atoms with Crippen molar-refractivity contribution in [2.24, 2.45) is 0 Å². The standard InChI is InChI=1S/C13H25N3O4S/c1-15(2)6-7-16(11-5-9-21(18,19)10-11)13(17)14-12-4-3-8-20-12/h11-12H,3-10H2,1-2H3,(H,14,17). The van der Waals surface area contributed by atoms with E-state index in [-0.39, 0.29) is 29.8 Å². The van der Waals surface area contributed by atoms with Gasteiger partial charge >= 0.3 is 6.03 Å². The van der Waals surface area contributed by atoms with E-state index in [9.17, 15) is 13.2 Å². The first-order chi connectivity index (χ1) is 9.87. The molecular formula is C13H25N3O4S. The summed E-state index contributed by atoms with van der Waals surface area (Å²) in [6, 6.07) is -0.442. The molecule has 2 atom stereocenters. The molecule has 0 saturated carbocycles. The van der Waals surface area contributed by atoms with E-state index in [4.69, 9.17) is 4.74 Å². The van der Waals surface area contributed by atoms with E-state index in [0.717, 1.165) is 12.8 Å². The highest BCUT2D eigenvalue weighted by atomic mass is 32.2. The molecule has 2 aliphatic rings. The average molecular weight is 319 g/mol. The van der Waals surface area contributed by atoms with Crippen LogP contribution in [0.5, 0.6) is 0 Å². The van der Waals surface area contributed by atoms with E-state index in [1.54, 1.807) is 4.90 Å². The zero-order chi connectivity index (χ0) is 15.5.